The van der Waals surface area contributed by atoms with E-state index < -0.39 is 0 Å². The third-order valence-corrected chi connectivity index (χ3v) is 4.63. The Kier molecular flexibility index (Phi) is 2.60. The summed E-state index contributed by atoms with van der Waals surface area (Å²) in [6.07, 6.45) is 1.32. The number of hydrogen-bond acceptors (Lipinski definition) is 3. The summed E-state index contributed by atoms with van der Waals surface area (Å²) in [4.78, 5) is 2.99. The Morgan fingerprint density at radius 2 is 2.31 bits per heavy atom. The quantitative estimate of drug-likeness (QED) is 0.691. The van der Waals surface area contributed by atoms with Gasteiger partial charge < -0.3 is 5.32 Å². The second kappa shape index (κ2) is 3.44. The zero-order chi connectivity index (χ0) is 9.47. The minimum Gasteiger partial charge on any atom is -0.301 e. The van der Waals surface area contributed by atoms with Crippen LogP contribution in [0.5, 0.6) is 0 Å². The van der Waals surface area contributed by atoms with Crippen LogP contribution >= 0.6 is 11.8 Å². The standard InChI is InChI=1S/C10H20N2S/c1-8(2)12-5-4-10(7-12)11-6-9(3)13-10/h8-9,11H,4-7H2,1-3H3. The smallest absolute Gasteiger partial charge is 0.0789 e. The molecular weight excluding hydrogens is 180 g/mol. The first-order valence-electron chi connectivity index (χ1n) is 5.28. The predicted molar refractivity (Wildman–Crippen MR) is 59.1 cm³/mol. The van der Waals surface area contributed by atoms with Gasteiger partial charge in [0.25, 0.3) is 0 Å². The van der Waals surface area contributed by atoms with Gasteiger partial charge in [0.1, 0.15) is 0 Å². The van der Waals surface area contributed by atoms with Crippen molar-refractivity contribution >= 4 is 11.8 Å². The second-order valence-electron chi connectivity index (χ2n) is 4.62. The van der Waals surface area contributed by atoms with Crippen molar-refractivity contribution in [3.8, 4) is 0 Å². The third-order valence-electron chi connectivity index (χ3n) is 3.13. The van der Waals surface area contributed by atoms with E-state index in [9.17, 15) is 0 Å². The highest BCUT2D eigenvalue weighted by molar-refractivity contribution is 8.01. The van der Waals surface area contributed by atoms with Gasteiger partial charge in [-0.1, -0.05) is 6.92 Å². The van der Waals surface area contributed by atoms with Gasteiger partial charge in [0.15, 0.2) is 0 Å². The van der Waals surface area contributed by atoms with Crippen molar-refractivity contribution in [2.45, 2.75) is 43.4 Å². The number of thioether (sulfide) groups is 1. The fraction of sp³-hybridized carbons (Fsp3) is 1.00. The summed E-state index contributed by atoms with van der Waals surface area (Å²) < 4.78 is 0. The first-order chi connectivity index (χ1) is 6.11. The average molecular weight is 200 g/mol. The lowest BCUT2D eigenvalue weighted by Gasteiger charge is -2.25. The van der Waals surface area contributed by atoms with Crippen LogP contribution in [-0.4, -0.2) is 40.7 Å². The molecule has 2 fully saturated rings. The SMILES string of the molecule is CC1CNC2(CCN(C(C)C)C2)S1. The maximum absolute atomic E-state index is 3.69. The van der Waals surface area contributed by atoms with E-state index in [0.29, 0.717) is 10.9 Å². The van der Waals surface area contributed by atoms with Crippen LogP contribution in [0, 0.1) is 0 Å². The van der Waals surface area contributed by atoms with Crippen LogP contribution in [-0.2, 0) is 0 Å². The van der Waals surface area contributed by atoms with Crippen molar-refractivity contribution in [2.75, 3.05) is 19.6 Å². The van der Waals surface area contributed by atoms with Crippen molar-refractivity contribution in [1.29, 1.82) is 0 Å². The van der Waals surface area contributed by atoms with E-state index in [1.807, 2.05) is 0 Å². The zero-order valence-electron chi connectivity index (χ0n) is 8.84. The maximum Gasteiger partial charge on any atom is 0.0789 e. The molecule has 0 aliphatic carbocycles. The highest BCUT2D eigenvalue weighted by Crippen LogP contribution is 2.40. The fourth-order valence-corrected chi connectivity index (χ4v) is 3.84. The Bertz CT molecular complexity index is 195. The summed E-state index contributed by atoms with van der Waals surface area (Å²) in [5, 5.41) is 4.49. The van der Waals surface area contributed by atoms with Crippen molar-refractivity contribution in [3.05, 3.63) is 0 Å². The lowest BCUT2D eigenvalue weighted by molar-refractivity contribution is 0.265. The Balaban J connectivity index is 1.97. The summed E-state index contributed by atoms with van der Waals surface area (Å²) in [6, 6.07) is 0.706. The van der Waals surface area contributed by atoms with E-state index in [4.69, 9.17) is 0 Å². The normalized spacial score (nSPS) is 41.1. The van der Waals surface area contributed by atoms with Gasteiger partial charge in [-0.25, -0.2) is 0 Å². The Hall–Kier alpha value is 0.270. The van der Waals surface area contributed by atoms with Crippen LogP contribution in [0.3, 0.4) is 0 Å². The van der Waals surface area contributed by atoms with E-state index in [1.165, 1.54) is 26.1 Å². The lowest BCUT2D eigenvalue weighted by atomic mass is 10.2. The summed E-state index contributed by atoms with van der Waals surface area (Å²) >= 11 is 2.14. The summed E-state index contributed by atoms with van der Waals surface area (Å²) in [5.41, 5.74) is 0. The van der Waals surface area contributed by atoms with E-state index in [2.05, 4.69) is 42.7 Å². The van der Waals surface area contributed by atoms with Gasteiger partial charge >= 0.3 is 0 Å². The molecule has 0 amide bonds. The molecule has 3 heteroatoms. The largest absolute Gasteiger partial charge is 0.301 e. The number of likely N-dealkylation sites (tertiary alicyclic amines) is 1. The van der Waals surface area contributed by atoms with Crippen LogP contribution in [0.1, 0.15) is 27.2 Å². The average Bonchev–Trinajstić information content (AvgIpc) is 2.61. The maximum atomic E-state index is 3.69. The molecule has 0 aromatic rings. The van der Waals surface area contributed by atoms with Crippen molar-refractivity contribution in [1.82, 2.24) is 10.2 Å². The highest BCUT2D eigenvalue weighted by atomic mass is 32.2. The number of nitrogens with zero attached hydrogens (tertiary/aromatic N) is 1. The molecule has 13 heavy (non-hydrogen) atoms. The Morgan fingerprint density at radius 3 is 2.77 bits per heavy atom. The van der Waals surface area contributed by atoms with Crippen molar-refractivity contribution in [3.63, 3.8) is 0 Å². The monoisotopic (exact) mass is 200 g/mol. The van der Waals surface area contributed by atoms with E-state index >= 15 is 0 Å². The molecule has 2 rings (SSSR count). The second-order valence-corrected chi connectivity index (χ2v) is 6.44. The molecule has 2 nitrogen and oxygen atoms in total. The summed E-state index contributed by atoms with van der Waals surface area (Å²) in [6.45, 7) is 10.6. The Morgan fingerprint density at radius 1 is 1.54 bits per heavy atom. The molecule has 1 spiro atoms. The van der Waals surface area contributed by atoms with Crippen LogP contribution in [0.4, 0.5) is 0 Å². The van der Waals surface area contributed by atoms with Crippen LogP contribution in [0.2, 0.25) is 0 Å². The van der Waals surface area contributed by atoms with Gasteiger partial charge in [-0.3, -0.25) is 4.90 Å². The van der Waals surface area contributed by atoms with E-state index in [-0.39, 0.29) is 0 Å². The van der Waals surface area contributed by atoms with Gasteiger partial charge in [-0.05, 0) is 20.3 Å². The van der Waals surface area contributed by atoms with E-state index in [0.717, 1.165) is 5.25 Å². The van der Waals surface area contributed by atoms with Gasteiger partial charge in [-0.15, -0.1) is 11.8 Å². The molecule has 2 heterocycles. The molecule has 2 saturated heterocycles. The molecule has 0 saturated carbocycles. The first kappa shape index (κ1) is 9.81. The Labute approximate surface area is 85.4 Å². The number of hydrogen-bond donors (Lipinski definition) is 1. The molecule has 0 bridgehead atoms. The van der Waals surface area contributed by atoms with Gasteiger partial charge in [0, 0.05) is 30.9 Å². The topological polar surface area (TPSA) is 15.3 Å². The predicted octanol–water partition coefficient (Wildman–Crippen LogP) is 1.52. The molecule has 2 aliphatic heterocycles. The highest BCUT2D eigenvalue weighted by Gasteiger charge is 2.43. The molecule has 2 unspecified atom stereocenters. The van der Waals surface area contributed by atoms with Crippen LogP contribution in [0.25, 0.3) is 0 Å². The fourth-order valence-electron chi connectivity index (χ4n) is 2.29. The minimum absolute atomic E-state index is 0.406. The lowest BCUT2D eigenvalue weighted by Crippen LogP contribution is -2.41. The van der Waals surface area contributed by atoms with Crippen LogP contribution in [0.15, 0.2) is 0 Å². The van der Waals surface area contributed by atoms with Gasteiger partial charge in [0.2, 0.25) is 0 Å². The molecule has 0 aromatic carbocycles. The molecule has 2 aliphatic rings. The number of nitrogens with one attached hydrogen (secondary N) is 1. The summed E-state index contributed by atoms with van der Waals surface area (Å²) in [5.74, 6) is 0. The molecule has 76 valence electrons. The first-order valence-corrected chi connectivity index (χ1v) is 6.16. The third kappa shape index (κ3) is 1.88. The molecular formula is C10H20N2S. The van der Waals surface area contributed by atoms with E-state index in [1.54, 1.807) is 0 Å². The molecule has 1 N–H and O–H groups in total. The minimum atomic E-state index is 0.406. The van der Waals surface area contributed by atoms with Crippen molar-refractivity contribution < 1.29 is 0 Å². The number of rotatable bonds is 1. The molecule has 0 aromatic heterocycles. The van der Waals surface area contributed by atoms with Gasteiger partial charge in [-0.2, -0.15) is 0 Å². The molecule has 2 atom stereocenters. The van der Waals surface area contributed by atoms with Crippen molar-refractivity contribution in [2.24, 2.45) is 0 Å². The van der Waals surface area contributed by atoms with Crippen LogP contribution < -0.4 is 5.32 Å². The molecule has 0 radical (unpaired) electrons. The zero-order valence-corrected chi connectivity index (χ0v) is 9.66. The van der Waals surface area contributed by atoms with Gasteiger partial charge in [0.05, 0.1) is 4.87 Å². The summed E-state index contributed by atoms with van der Waals surface area (Å²) in [7, 11) is 0.